The summed E-state index contributed by atoms with van der Waals surface area (Å²) in [6.45, 7) is 4.14. The topological polar surface area (TPSA) is 114 Å². The number of rotatable bonds is 12. The summed E-state index contributed by atoms with van der Waals surface area (Å²) in [5.74, 6) is -0.0297. The van der Waals surface area contributed by atoms with Gasteiger partial charge >= 0.3 is 5.97 Å². The first-order chi connectivity index (χ1) is 14.7. The van der Waals surface area contributed by atoms with Crippen molar-refractivity contribution in [3.63, 3.8) is 0 Å². The summed E-state index contributed by atoms with van der Waals surface area (Å²) in [5.41, 5.74) is 1.19. The Labute approximate surface area is 183 Å². The number of nitrogens with one attached hydrogen (secondary N) is 2. The van der Waals surface area contributed by atoms with E-state index >= 15 is 0 Å². The van der Waals surface area contributed by atoms with Crippen molar-refractivity contribution in [3.05, 3.63) is 47.5 Å². The zero-order valence-corrected chi connectivity index (χ0v) is 19.1. The molecule has 2 aromatic carbocycles. The molecular weight excluding hydrogens is 420 g/mol. The Hall–Kier alpha value is -2.78. The van der Waals surface area contributed by atoms with E-state index < -0.39 is 16.0 Å². The molecule has 1 atom stereocenters. The average molecular weight is 451 g/mol. The number of hydrogen-bond acceptors (Lipinski definition) is 6. The van der Waals surface area contributed by atoms with E-state index in [2.05, 4.69) is 10.0 Å². The van der Waals surface area contributed by atoms with Crippen molar-refractivity contribution >= 4 is 21.7 Å². The smallest absolute Gasteiger partial charge is 0.337 e. The lowest BCUT2D eigenvalue weighted by molar-refractivity contribution is 0.0697. The molecule has 0 amide bonds. The molecule has 31 heavy (non-hydrogen) atoms. The van der Waals surface area contributed by atoms with Gasteiger partial charge in [-0.05, 0) is 55.7 Å². The van der Waals surface area contributed by atoms with Crippen LogP contribution in [0.4, 0.5) is 5.69 Å². The maximum atomic E-state index is 12.7. The Morgan fingerprint density at radius 2 is 1.81 bits per heavy atom. The number of ether oxygens (including phenoxy) is 2. The fourth-order valence-corrected chi connectivity index (χ4v) is 4.27. The quantitative estimate of drug-likeness (QED) is 0.453. The van der Waals surface area contributed by atoms with Crippen LogP contribution in [0.1, 0.15) is 42.6 Å². The van der Waals surface area contributed by atoms with Crippen LogP contribution >= 0.6 is 0 Å². The molecule has 0 aromatic heterocycles. The van der Waals surface area contributed by atoms with Gasteiger partial charge in [-0.3, -0.25) is 0 Å². The van der Waals surface area contributed by atoms with Gasteiger partial charge in [-0.2, -0.15) is 0 Å². The summed E-state index contributed by atoms with van der Waals surface area (Å²) >= 11 is 0. The molecule has 0 aliphatic carbocycles. The minimum absolute atomic E-state index is 0.0742. The van der Waals surface area contributed by atoms with Crippen LogP contribution in [-0.2, 0) is 16.4 Å². The Kier molecular flexibility index (Phi) is 8.70. The third-order valence-corrected chi connectivity index (χ3v) is 6.27. The van der Waals surface area contributed by atoms with Gasteiger partial charge in [0.15, 0.2) is 11.5 Å². The molecular formula is C22H30N2O6S. The van der Waals surface area contributed by atoms with Crippen molar-refractivity contribution in [1.82, 2.24) is 4.72 Å². The summed E-state index contributed by atoms with van der Waals surface area (Å²) in [5, 5.41) is 12.7. The zero-order valence-electron chi connectivity index (χ0n) is 18.3. The van der Waals surface area contributed by atoms with E-state index in [-0.39, 0.29) is 23.0 Å². The van der Waals surface area contributed by atoms with Gasteiger partial charge in [0.05, 0.1) is 24.7 Å². The number of benzene rings is 2. The molecule has 8 nitrogen and oxygen atoms in total. The number of anilines is 1. The molecule has 0 aliphatic heterocycles. The molecule has 0 saturated heterocycles. The fraction of sp³-hybridized carbons (Fsp3) is 0.409. The van der Waals surface area contributed by atoms with Crippen molar-refractivity contribution in [2.75, 3.05) is 26.1 Å². The number of carboxylic acids is 1. The van der Waals surface area contributed by atoms with Gasteiger partial charge < -0.3 is 19.9 Å². The lowest BCUT2D eigenvalue weighted by Crippen LogP contribution is -2.26. The minimum Gasteiger partial charge on any atom is -0.493 e. The number of carbonyl (C=O) groups is 1. The molecule has 3 N–H and O–H groups in total. The normalized spacial score (nSPS) is 12.3. The number of sulfonamides is 1. The van der Waals surface area contributed by atoms with Gasteiger partial charge in [0, 0.05) is 18.3 Å². The van der Waals surface area contributed by atoms with E-state index in [1.54, 1.807) is 19.2 Å². The van der Waals surface area contributed by atoms with Crippen LogP contribution in [0.2, 0.25) is 0 Å². The Morgan fingerprint density at radius 1 is 1.10 bits per heavy atom. The molecule has 0 spiro atoms. The molecule has 0 saturated carbocycles. The number of carboxylic acid groups (broad SMARTS) is 1. The van der Waals surface area contributed by atoms with Gasteiger partial charge in [0.2, 0.25) is 10.0 Å². The van der Waals surface area contributed by atoms with Crippen LogP contribution < -0.4 is 19.5 Å². The number of hydrogen-bond donors (Lipinski definition) is 3. The highest BCUT2D eigenvalue weighted by Crippen LogP contribution is 2.27. The molecule has 0 heterocycles. The zero-order chi connectivity index (χ0) is 23.0. The number of aromatic carboxylic acids is 1. The minimum atomic E-state index is -3.87. The Bertz CT molecular complexity index is 1010. The van der Waals surface area contributed by atoms with Crippen LogP contribution in [0.5, 0.6) is 11.5 Å². The molecule has 2 aromatic rings. The first kappa shape index (κ1) is 24.5. The first-order valence-corrected chi connectivity index (χ1v) is 11.5. The lowest BCUT2D eigenvalue weighted by atomic mass is 10.1. The van der Waals surface area contributed by atoms with E-state index in [9.17, 15) is 18.3 Å². The third-order valence-electron chi connectivity index (χ3n) is 4.81. The van der Waals surface area contributed by atoms with Crippen LogP contribution in [0, 0.1) is 0 Å². The van der Waals surface area contributed by atoms with E-state index in [0.29, 0.717) is 23.6 Å². The maximum absolute atomic E-state index is 12.7. The predicted molar refractivity (Wildman–Crippen MR) is 120 cm³/mol. The van der Waals surface area contributed by atoms with Gasteiger partial charge in [-0.15, -0.1) is 0 Å². The van der Waals surface area contributed by atoms with E-state index in [4.69, 9.17) is 9.47 Å². The molecule has 0 aliphatic rings. The Morgan fingerprint density at radius 3 is 2.42 bits per heavy atom. The van der Waals surface area contributed by atoms with Gasteiger partial charge in [0.25, 0.3) is 0 Å². The third kappa shape index (κ3) is 6.60. The van der Waals surface area contributed by atoms with E-state index in [1.807, 2.05) is 19.9 Å². The highest BCUT2D eigenvalue weighted by atomic mass is 32.2. The van der Waals surface area contributed by atoms with Gasteiger partial charge in [0.1, 0.15) is 0 Å². The van der Waals surface area contributed by atoms with Crippen molar-refractivity contribution in [2.45, 2.75) is 44.0 Å². The fourth-order valence-electron chi connectivity index (χ4n) is 3.21. The standard InChI is InChI=1S/C22H30N2O6S/c1-5-6-15(2)24-19-9-8-17(14-18(19)22(25)26)31(27,28)23-12-11-16-7-10-20(29-3)21(13-16)30-4/h7-10,13-15,23-24H,5-6,11-12H2,1-4H3,(H,25,26). The molecule has 0 radical (unpaired) electrons. The first-order valence-electron chi connectivity index (χ1n) is 10.1. The highest BCUT2D eigenvalue weighted by molar-refractivity contribution is 7.89. The van der Waals surface area contributed by atoms with Crippen LogP contribution in [-0.4, -0.2) is 46.3 Å². The van der Waals surface area contributed by atoms with Crippen LogP contribution in [0.15, 0.2) is 41.3 Å². The van der Waals surface area contributed by atoms with Crippen molar-refractivity contribution in [3.8, 4) is 11.5 Å². The summed E-state index contributed by atoms with van der Waals surface area (Å²) < 4.78 is 38.4. The monoisotopic (exact) mass is 450 g/mol. The second kappa shape index (κ2) is 11.0. The van der Waals surface area contributed by atoms with Crippen molar-refractivity contribution in [2.24, 2.45) is 0 Å². The van der Waals surface area contributed by atoms with E-state index in [1.165, 1.54) is 25.3 Å². The summed E-state index contributed by atoms with van der Waals surface area (Å²) in [6, 6.07) is 9.54. The summed E-state index contributed by atoms with van der Waals surface area (Å²) in [6.07, 6.45) is 2.25. The lowest BCUT2D eigenvalue weighted by Gasteiger charge is -2.17. The van der Waals surface area contributed by atoms with Crippen molar-refractivity contribution in [1.29, 1.82) is 0 Å². The second-order valence-corrected chi connectivity index (χ2v) is 8.95. The van der Waals surface area contributed by atoms with Crippen LogP contribution in [0.25, 0.3) is 0 Å². The summed E-state index contributed by atoms with van der Waals surface area (Å²) in [4.78, 5) is 11.6. The molecule has 2 rings (SSSR count). The number of methoxy groups -OCH3 is 2. The van der Waals surface area contributed by atoms with Gasteiger partial charge in [-0.1, -0.05) is 19.4 Å². The highest BCUT2D eigenvalue weighted by Gasteiger charge is 2.19. The predicted octanol–water partition coefficient (Wildman–Crippen LogP) is 3.52. The molecule has 0 fully saturated rings. The SMILES string of the molecule is CCCC(C)Nc1ccc(S(=O)(=O)NCCc2ccc(OC)c(OC)c2)cc1C(=O)O. The van der Waals surface area contributed by atoms with Gasteiger partial charge in [-0.25, -0.2) is 17.9 Å². The summed E-state index contributed by atoms with van der Waals surface area (Å²) in [7, 11) is -0.790. The van der Waals surface area contributed by atoms with E-state index in [0.717, 1.165) is 18.4 Å². The molecule has 170 valence electrons. The molecule has 9 heteroatoms. The Balaban J connectivity index is 2.12. The largest absolute Gasteiger partial charge is 0.493 e. The molecule has 1 unspecified atom stereocenters. The maximum Gasteiger partial charge on any atom is 0.337 e. The molecule has 0 bridgehead atoms. The average Bonchev–Trinajstić information content (AvgIpc) is 2.73. The second-order valence-electron chi connectivity index (χ2n) is 7.18. The van der Waals surface area contributed by atoms with Crippen LogP contribution in [0.3, 0.4) is 0 Å². The van der Waals surface area contributed by atoms with Crippen molar-refractivity contribution < 1.29 is 27.8 Å².